The largest absolute Gasteiger partial charge is 0.349 e. The van der Waals surface area contributed by atoms with Crippen LogP contribution in [0.25, 0.3) is 0 Å². The molecule has 5 heteroatoms. The van der Waals surface area contributed by atoms with Crippen molar-refractivity contribution in [3.05, 3.63) is 12.2 Å². The van der Waals surface area contributed by atoms with Crippen molar-refractivity contribution < 1.29 is 9.59 Å². The van der Waals surface area contributed by atoms with Gasteiger partial charge >= 0.3 is 6.03 Å². The highest BCUT2D eigenvalue weighted by Crippen LogP contribution is 2.64. The van der Waals surface area contributed by atoms with Gasteiger partial charge in [0, 0.05) is 23.5 Å². The Bertz CT molecular complexity index is 711. The number of carbonyl (C=O) groups is 2. The highest BCUT2D eigenvalue weighted by Gasteiger charge is 2.59. The topological polar surface area (TPSA) is 70.2 Å². The Hall–Kier alpha value is -1.52. The maximum absolute atomic E-state index is 12.4. The summed E-state index contributed by atoms with van der Waals surface area (Å²) in [5, 5.41) is 9.46. The van der Waals surface area contributed by atoms with Gasteiger partial charge in [-0.05, 0) is 88.0 Å². The van der Waals surface area contributed by atoms with E-state index in [2.05, 4.69) is 35.9 Å². The molecule has 1 heterocycles. The molecule has 2 unspecified atom stereocenters. The molecule has 0 aromatic rings. The lowest BCUT2D eigenvalue weighted by atomic mass is 9.46. The van der Waals surface area contributed by atoms with Crippen molar-refractivity contribution in [3.63, 3.8) is 0 Å². The molecule has 1 aliphatic heterocycles. The van der Waals surface area contributed by atoms with Crippen molar-refractivity contribution in [2.75, 3.05) is 6.54 Å². The molecular formula is C24H39N3O2. The minimum Gasteiger partial charge on any atom is -0.349 e. The summed E-state index contributed by atoms with van der Waals surface area (Å²) in [6, 6.07) is 0.0874. The van der Waals surface area contributed by atoms with Gasteiger partial charge in [-0.15, -0.1) is 0 Å². The molecule has 0 bridgehead atoms. The number of hydrogen-bond donors (Lipinski definition) is 3. The first-order valence-corrected chi connectivity index (χ1v) is 11.6. The van der Waals surface area contributed by atoms with E-state index in [4.69, 9.17) is 0 Å². The Morgan fingerprint density at radius 3 is 2.69 bits per heavy atom. The minimum atomic E-state index is -0.241. The van der Waals surface area contributed by atoms with Gasteiger partial charge in [-0.2, -0.15) is 0 Å². The van der Waals surface area contributed by atoms with E-state index < -0.39 is 0 Å². The second-order valence-corrected chi connectivity index (χ2v) is 11.7. The van der Waals surface area contributed by atoms with Crippen molar-refractivity contribution in [2.45, 2.75) is 84.7 Å². The van der Waals surface area contributed by atoms with E-state index in [1.54, 1.807) is 6.08 Å². The molecule has 29 heavy (non-hydrogen) atoms. The van der Waals surface area contributed by atoms with Gasteiger partial charge < -0.3 is 16.0 Å². The summed E-state index contributed by atoms with van der Waals surface area (Å²) in [7, 11) is 0. The molecular weight excluding hydrogens is 362 g/mol. The van der Waals surface area contributed by atoms with Gasteiger partial charge in [0.05, 0.1) is 0 Å². The Morgan fingerprint density at radius 1 is 1.21 bits per heavy atom. The quantitative estimate of drug-likeness (QED) is 0.655. The fourth-order valence-electron chi connectivity index (χ4n) is 7.30. The second kappa shape index (κ2) is 7.02. The molecule has 0 aromatic carbocycles. The van der Waals surface area contributed by atoms with Gasteiger partial charge in [0.25, 0.3) is 0 Å². The molecule has 0 aromatic heterocycles. The summed E-state index contributed by atoms with van der Waals surface area (Å²) in [5.41, 5.74) is 0.249. The molecule has 4 rings (SSSR count). The maximum Gasteiger partial charge on any atom is 0.315 e. The molecule has 3 fully saturated rings. The van der Waals surface area contributed by atoms with Gasteiger partial charge in [0.2, 0.25) is 5.91 Å². The summed E-state index contributed by atoms with van der Waals surface area (Å²) < 4.78 is 0. The van der Waals surface area contributed by atoms with E-state index in [0.29, 0.717) is 29.7 Å². The van der Waals surface area contributed by atoms with Crippen LogP contribution in [0.15, 0.2) is 12.2 Å². The number of nitrogens with one attached hydrogen (secondary N) is 3. The lowest BCUT2D eigenvalue weighted by Gasteiger charge is -2.60. The molecule has 3 saturated carbocycles. The fraction of sp³-hybridized carbons (Fsp3) is 0.833. The summed E-state index contributed by atoms with van der Waals surface area (Å²) in [6.07, 6.45) is 11.4. The zero-order valence-electron chi connectivity index (χ0n) is 18.8. The summed E-state index contributed by atoms with van der Waals surface area (Å²) in [4.78, 5) is 24.6. The average Bonchev–Trinajstić information content (AvgIpc) is 3.01. The number of rotatable bonds is 2. The van der Waals surface area contributed by atoms with E-state index in [1.165, 1.54) is 32.1 Å². The van der Waals surface area contributed by atoms with Gasteiger partial charge in [-0.3, -0.25) is 4.79 Å². The van der Waals surface area contributed by atoms with Crippen LogP contribution in [-0.2, 0) is 4.79 Å². The first-order chi connectivity index (χ1) is 13.5. The Labute approximate surface area is 175 Å². The Balaban J connectivity index is 1.59. The molecule has 4 aliphatic rings. The number of hydrogen-bond acceptors (Lipinski definition) is 2. The molecule has 5 nitrogen and oxygen atoms in total. The number of carbonyl (C=O) groups excluding carboxylic acids is 2. The van der Waals surface area contributed by atoms with E-state index in [1.807, 2.05) is 20.8 Å². The lowest BCUT2D eigenvalue weighted by molar-refractivity contribution is -0.125. The maximum atomic E-state index is 12.4. The summed E-state index contributed by atoms with van der Waals surface area (Å²) in [5.74, 6) is 2.38. The van der Waals surface area contributed by atoms with Crippen LogP contribution in [-0.4, -0.2) is 30.1 Å². The molecule has 0 radical (unpaired) electrons. The Kier molecular flexibility index (Phi) is 5.02. The van der Waals surface area contributed by atoms with Gasteiger partial charge in [0.15, 0.2) is 0 Å². The van der Waals surface area contributed by atoms with Crippen LogP contribution in [0.5, 0.6) is 0 Å². The van der Waals surface area contributed by atoms with E-state index in [0.717, 1.165) is 12.3 Å². The van der Waals surface area contributed by atoms with Gasteiger partial charge in [0.1, 0.15) is 0 Å². The highest BCUT2D eigenvalue weighted by atomic mass is 16.2. The van der Waals surface area contributed by atoms with Crippen LogP contribution in [0.4, 0.5) is 4.79 Å². The smallest absolute Gasteiger partial charge is 0.315 e. The monoisotopic (exact) mass is 401 g/mol. The van der Waals surface area contributed by atoms with Crippen molar-refractivity contribution in [3.8, 4) is 0 Å². The predicted octanol–water partition coefficient (Wildman–Crippen LogP) is 4.00. The molecule has 3 aliphatic carbocycles. The van der Waals surface area contributed by atoms with Crippen LogP contribution in [0.2, 0.25) is 0 Å². The first kappa shape index (κ1) is 20.7. The van der Waals surface area contributed by atoms with Gasteiger partial charge in [-0.1, -0.05) is 26.3 Å². The zero-order valence-corrected chi connectivity index (χ0v) is 18.8. The fourth-order valence-corrected chi connectivity index (χ4v) is 7.30. The van der Waals surface area contributed by atoms with Crippen LogP contribution in [0.3, 0.4) is 0 Å². The number of amides is 3. The van der Waals surface area contributed by atoms with Crippen molar-refractivity contribution in [2.24, 2.45) is 34.5 Å². The minimum absolute atomic E-state index is 0.0321. The third kappa shape index (κ3) is 3.70. The summed E-state index contributed by atoms with van der Waals surface area (Å²) in [6.45, 7) is 11.6. The van der Waals surface area contributed by atoms with Gasteiger partial charge in [-0.25, -0.2) is 4.79 Å². The van der Waals surface area contributed by atoms with Crippen LogP contribution in [0.1, 0.15) is 73.1 Å². The number of urea groups is 1. The number of fused-ring (bicyclic) bond motifs is 5. The van der Waals surface area contributed by atoms with E-state index in [9.17, 15) is 9.59 Å². The second-order valence-electron chi connectivity index (χ2n) is 11.7. The molecule has 7 atom stereocenters. The molecule has 3 amide bonds. The third-order valence-corrected chi connectivity index (χ3v) is 8.67. The summed E-state index contributed by atoms with van der Waals surface area (Å²) >= 11 is 0. The predicted molar refractivity (Wildman–Crippen MR) is 115 cm³/mol. The van der Waals surface area contributed by atoms with Crippen molar-refractivity contribution >= 4 is 11.9 Å². The normalized spacial score (nSPS) is 43.6. The standard InChI is InChI=1S/C24H39N3O2/c1-22(2,3)27-21(29)25-14-15-13-18-24(5,12-9-19(28)26-18)17-8-11-23(4)10-6-7-16(23)20(15)17/h9,12,15-18,20H,6-8,10-11,13-14H2,1-5H3,(H,26,28)(H2,25,27,29)/t15?,16-,17+,18?,20-,23-,24+/m0/s1. The molecule has 162 valence electrons. The average molecular weight is 402 g/mol. The van der Waals surface area contributed by atoms with Crippen LogP contribution >= 0.6 is 0 Å². The SMILES string of the molecule is CC(C)(C)NC(=O)NCC1CC2NC(=O)C=C[C@]2(C)[C@@H]2CC[C@]3(C)CCC[C@H]3[C@H]12. The van der Waals surface area contributed by atoms with Crippen molar-refractivity contribution in [1.29, 1.82) is 0 Å². The van der Waals surface area contributed by atoms with Crippen LogP contribution < -0.4 is 16.0 Å². The van der Waals surface area contributed by atoms with Crippen molar-refractivity contribution in [1.82, 2.24) is 16.0 Å². The lowest BCUT2D eigenvalue weighted by Crippen LogP contribution is -2.63. The molecule has 0 spiro atoms. The highest BCUT2D eigenvalue weighted by molar-refractivity contribution is 5.89. The zero-order chi connectivity index (χ0) is 21.0. The third-order valence-electron chi connectivity index (χ3n) is 8.67. The van der Waals surface area contributed by atoms with E-state index in [-0.39, 0.29) is 28.9 Å². The van der Waals surface area contributed by atoms with E-state index >= 15 is 0 Å². The Morgan fingerprint density at radius 2 is 1.97 bits per heavy atom. The molecule has 3 N–H and O–H groups in total. The first-order valence-electron chi connectivity index (χ1n) is 11.6. The van der Waals surface area contributed by atoms with Crippen LogP contribution in [0, 0.1) is 34.5 Å². The molecule has 0 saturated heterocycles.